The third kappa shape index (κ3) is 3.68. The number of hydrogen-bond acceptors (Lipinski definition) is 5. The van der Waals surface area contributed by atoms with Gasteiger partial charge < -0.3 is 14.0 Å². The Kier molecular flexibility index (Phi) is 4.85. The summed E-state index contributed by atoms with van der Waals surface area (Å²) in [6, 6.07) is 6.03. The van der Waals surface area contributed by atoms with E-state index in [1.165, 1.54) is 5.56 Å². The number of ether oxygens (including phenoxy) is 2. The summed E-state index contributed by atoms with van der Waals surface area (Å²) in [5.74, 6) is 2.66. The molecule has 1 aromatic carbocycles. The summed E-state index contributed by atoms with van der Waals surface area (Å²) >= 11 is 0. The summed E-state index contributed by atoms with van der Waals surface area (Å²) in [4.78, 5) is 6.73. The molecule has 0 bridgehead atoms. The Morgan fingerprint density at radius 2 is 1.96 bits per heavy atom. The van der Waals surface area contributed by atoms with Crippen LogP contribution in [0.5, 0.6) is 11.5 Å². The first-order valence-corrected chi connectivity index (χ1v) is 9.25. The second kappa shape index (κ2) is 7.44. The highest BCUT2D eigenvalue weighted by atomic mass is 16.6. The van der Waals surface area contributed by atoms with Gasteiger partial charge in [0.15, 0.2) is 11.5 Å². The van der Waals surface area contributed by atoms with Gasteiger partial charge in [0.2, 0.25) is 0 Å². The van der Waals surface area contributed by atoms with Gasteiger partial charge in [0, 0.05) is 49.9 Å². The minimum Gasteiger partial charge on any atom is -0.486 e. The highest BCUT2D eigenvalue weighted by Gasteiger charge is 2.17. The molecule has 0 fully saturated rings. The zero-order chi connectivity index (χ0) is 18.8. The van der Waals surface area contributed by atoms with Crippen LogP contribution in [0.1, 0.15) is 18.3 Å². The lowest BCUT2D eigenvalue weighted by molar-refractivity contribution is 0.171. The van der Waals surface area contributed by atoms with Crippen LogP contribution in [0, 0.1) is 0 Å². The van der Waals surface area contributed by atoms with Crippen LogP contribution in [0.2, 0.25) is 0 Å². The minimum absolute atomic E-state index is 0.582. The maximum atomic E-state index is 5.73. The Balaban J connectivity index is 1.56. The molecule has 0 amide bonds. The van der Waals surface area contributed by atoms with Crippen LogP contribution in [-0.2, 0) is 26.7 Å². The molecule has 0 radical (unpaired) electrons. The van der Waals surface area contributed by atoms with Crippen molar-refractivity contribution >= 4 is 0 Å². The lowest BCUT2D eigenvalue weighted by Gasteiger charge is -2.19. The molecule has 1 aliphatic rings. The molecule has 0 N–H and O–H groups in total. The number of fused-ring (bicyclic) bond motifs is 1. The van der Waals surface area contributed by atoms with Gasteiger partial charge in [0.1, 0.15) is 19.0 Å². The number of benzene rings is 1. The van der Waals surface area contributed by atoms with Crippen molar-refractivity contribution < 1.29 is 9.47 Å². The third-order valence-electron chi connectivity index (χ3n) is 4.71. The zero-order valence-corrected chi connectivity index (χ0v) is 16.1. The highest BCUT2D eigenvalue weighted by molar-refractivity contribution is 5.66. The van der Waals surface area contributed by atoms with Gasteiger partial charge in [-0.1, -0.05) is 0 Å². The van der Waals surface area contributed by atoms with E-state index in [9.17, 15) is 0 Å². The number of hydrogen-bond donors (Lipinski definition) is 0. The Labute approximate surface area is 159 Å². The van der Waals surface area contributed by atoms with Crippen LogP contribution >= 0.6 is 0 Å². The second-order valence-corrected chi connectivity index (χ2v) is 6.84. The summed E-state index contributed by atoms with van der Waals surface area (Å²) in [5, 5.41) is 4.69. The number of rotatable bonds is 6. The fraction of sp³-hybridized carbons (Fsp3) is 0.400. The van der Waals surface area contributed by atoms with E-state index in [1.54, 1.807) is 0 Å². The molecule has 0 atom stereocenters. The van der Waals surface area contributed by atoms with Gasteiger partial charge in [-0.3, -0.25) is 9.58 Å². The van der Waals surface area contributed by atoms with Crippen molar-refractivity contribution in [3.63, 3.8) is 0 Å². The van der Waals surface area contributed by atoms with Crippen LogP contribution in [0.25, 0.3) is 11.3 Å². The molecule has 3 aromatic rings. The van der Waals surface area contributed by atoms with E-state index in [-0.39, 0.29) is 0 Å². The number of aromatic nitrogens is 4. The van der Waals surface area contributed by atoms with Gasteiger partial charge in [0.05, 0.1) is 12.2 Å². The summed E-state index contributed by atoms with van der Waals surface area (Å²) in [6.07, 6.45) is 5.96. The van der Waals surface area contributed by atoms with Gasteiger partial charge in [0.25, 0.3) is 0 Å². The van der Waals surface area contributed by atoms with Crippen molar-refractivity contribution in [3.8, 4) is 22.8 Å². The smallest absolute Gasteiger partial charge is 0.162 e. The molecule has 0 saturated carbocycles. The number of imidazole rings is 1. The molecule has 0 spiro atoms. The van der Waals surface area contributed by atoms with Crippen LogP contribution in [0.4, 0.5) is 0 Å². The van der Waals surface area contributed by atoms with E-state index >= 15 is 0 Å². The van der Waals surface area contributed by atoms with Crippen LogP contribution in [0.15, 0.2) is 36.8 Å². The molecule has 1 aliphatic heterocycles. The average Bonchev–Trinajstić information content (AvgIpc) is 3.27. The third-order valence-corrected chi connectivity index (χ3v) is 4.71. The van der Waals surface area contributed by atoms with Crippen molar-refractivity contribution in [3.05, 3.63) is 48.2 Å². The van der Waals surface area contributed by atoms with Gasteiger partial charge in [-0.05, 0) is 32.2 Å². The molecule has 0 unspecified atom stereocenters. The number of aryl methyl sites for hydroxylation is 2. The summed E-state index contributed by atoms with van der Waals surface area (Å²) < 4.78 is 15.4. The van der Waals surface area contributed by atoms with Gasteiger partial charge >= 0.3 is 0 Å². The predicted molar refractivity (Wildman–Crippen MR) is 103 cm³/mol. The first-order valence-electron chi connectivity index (χ1n) is 9.25. The molecule has 0 saturated heterocycles. The zero-order valence-electron chi connectivity index (χ0n) is 16.1. The van der Waals surface area contributed by atoms with Crippen LogP contribution in [0.3, 0.4) is 0 Å². The minimum atomic E-state index is 0.582. The highest BCUT2D eigenvalue weighted by Crippen LogP contribution is 2.35. The molecule has 27 heavy (non-hydrogen) atoms. The summed E-state index contributed by atoms with van der Waals surface area (Å²) in [6.45, 7) is 5.81. The Hall–Kier alpha value is -2.80. The maximum Gasteiger partial charge on any atom is 0.162 e. The molecule has 4 rings (SSSR count). The maximum absolute atomic E-state index is 5.73. The first-order chi connectivity index (χ1) is 13.1. The molecule has 142 valence electrons. The van der Waals surface area contributed by atoms with E-state index in [1.807, 2.05) is 42.3 Å². The van der Waals surface area contributed by atoms with Crippen LogP contribution in [-0.4, -0.2) is 44.5 Å². The van der Waals surface area contributed by atoms with E-state index < -0.39 is 0 Å². The second-order valence-electron chi connectivity index (χ2n) is 6.84. The normalized spacial score (nSPS) is 13.3. The average molecular weight is 367 g/mol. The molecule has 2 aromatic heterocycles. The Bertz CT molecular complexity index is 930. The van der Waals surface area contributed by atoms with Crippen LogP contribution < -0.4 is 9.47 Å². The van der Waals surface area contributed by atoms with Crippen molar-refractivity contribution in [1.29, 1.82) is 0 Å². The molecular weight excluding hydrogens is 342 g/mol. The van der Waals surface area contributed by atoms with Gasteiger partial charge in [-0.15, -0.1) is 0 Å². The standard InChI is InChI=1S/C20H25N5O2/c1-4-25-8-7-21-19(25)14-23(2)12-16-13-24(3)22-20(16)15-5-6-17-18(11-15)27-10-9-26-17/h5-8,11,13H,4,9-10,12,14H2,1-3H3. The van der Waals surface area contributed by atoms with E-state index in [4.69, 9.17) is 9.47 Å². The quantitative estimate of drug-likeness (QED) is 0.670. The van der Waals surface area contributed by atoms with E-state index in [2.05, 4.69) is 39.7 Å². The monoisotopic (exact) mass is 367 g/mol. The van der Waals surface area contributed by atoms with Gasteiger partial charge in [-0.2, -0.15) is 5.10 Å². The van der Waals surface area contributed by atoms with Crippen molar-refractivity contribution in [2.45, 2.75) is 26.6 Å². The summed E-state index contributed by atoms with van der Waals surface area (Å²) in [5.41, 5.74) is 3.18. The molecule has 3 heterocycles. The SMILES string of the molecule is CCn1ccnc1CN(C)Cc1cn(C)nc1-c1ccc2c(c1)OCCO2. The summed E-state index contributed by atoms with van der Waals surface area (Å²) in [7, 11) is 4.06. The fourth-order valence-electron chi connectivity index (χ4n) is 3.45. The van der Waals surface area contributed by atoms with Crippen molar-refractivity contribution in [2.75, 3.05) is 20.3 Å². The lowest BCUT2D eigenvalue weighted by Crippen LogP contribution is -2.20. The van der Waals surface area contributed by atoms with E-state index in [0.29, 0.717) is 13.2 Å². The topological polar surface area (TPSA) is 57.3 Å². The van der Waals surface area contributed by atoms with Gasteiger partial charge in [-0.25, -0.2) is 4.98 Å². The predicted octanol–water partition coefficient (Wildman–Crippen LogP) is 2.71. The lowest BCUT2D eigenvalue weighted by atomic mass is 10.1. The van der Waals surface area contributed by atoms with Crippen molar-refractivity contribution in [1.82, 2.24) is 24.2 Å². The molecule has 7 heteroatoms. The largest absolute Gasteiger partial charge is 0.486 e. The van der Waals surface area contributed by atoms with Crippen molar-refractivity contribution in [2.24, 2.45) is 7.05 Å². The fourth-order valence-corrected chi connectivity index (χ4v) is 3.45. The van der Waals surface area contributed by atoms with E-state index in [0.717, 1.165) is 48.2 Å². The first kappa shape index (κ1) is 17.6. The Morgan fingerprint density at radius 1 is 1.15 bits per heavy atom. The molecular formula is C20H25N5O2. The molecule has 0 aliphatic carbocycles. The number of nitrogens with zero attached hydrogens (tertiary/aromatic N) is 5. The molecule has 7 nitrogen and oxygen atoms in total. The Morgan fingerprint density at radius 3 is 2.78 bits per heavy atom.